The van der Waals surface area contributed by atoms with Crippen molar-refractivity contribution in [2.45, 2.75) is 20.4 Å². The average molecular weight is 295 g/mol. The fourth-order valence-electron chi connectivity index (χ4n) is 1.96. The number of ether oxygens (including phenoxy) is 1. The summed E-state index contributed by atoms with van der Waals surface area (Å²) >= 11 is 0. The summed E-state index contributed by atoms with van der Waals surface area (Å²) in [6, 6.07) is 1.92. The maximum atomic E-state index is 13.8. The van der Waals surface area contributed by atoms with Crippen LogP contribution in [-0.2, 0) is 6.54 Å². The van der Waals surface area contributed by atoms with Gasteiger partial charge in [-0.3, -0.25) is 9.48 Å². The summed E-state index contributed by atoms with van der Waals surface area (Å²) in [5.74, 6) is -2.82. The van der Waals surface area contributed by atoms with E-state index in [4.69, 9.17) is 4.74 Å². The van der Waals surface area contributed by atoms with Crippen LogP contribution in [0.15, 0.2) is 18.3 Å². The van der Waals surface area contributed by atoms with Crippen molar-refractivity contribution in [2.24, 2.45) is 0 Å². The lowest BCUT2D eigenvalue weighted by Crippen LogP contribution is -2.16. The van der Waals surface area contributed by atoms with Gasteiger partial charge in [0.25, 0.3) is 5.91 Å². The van der Waals surface area contributed by atoms with Crippen molar-refractivity contribution in [3.05, 3.63) is 41.2 Å². The van der Waals surface area contributed by atoms with Gasteiger partial charge in [-0.1, -0.05) is 0 Å². The second-order valence-electron chi connectivity index (χ2n) is 4.38. The molecule has 0 atom stereocenters. The predicted octanol–water partition coefficient (Wildman–Crippen LogP) is 2.75. The molecule has 2 rings (SSSR count). The Kier molecular flexibility index (Phi) is 4.21. The van der Waals surface area contributed by atoms with E-state index in [0.29, 0.717) is 17.9 Å². The Morgan fingerprint density at radius 3 is 2.48 bits per heavy atom. The number of hydrogen-bond donors (Lipinski definition) is 1. The van der Waals surface area contributed by atoms with Crippen LogP contribution >= 0.6 is 0 Å². The first-order valence-corrected chi connectivity index (χ1v) is 6.34. The zero-order valence-electron chi connectivity index (χ0n) is 11.9. The maximum Gasteiger partial charge on any atom is 0.261 e. The largest absolute Gasteiger partial charge is 0.497 e. The summed E-state index contributed by atoms with van der Waals surface area (Å²) in [6.45, 7) is 4.29. The third-order valence-electron chi connectivity index (χ3n) is 3.13. The van der Waals surface area contributed by atoms with Crippen LogP contribution < -0.4 is 10.1 Å². The Morgan fingerprint density at radius 1 is 1.38 bits per heavy atom. The first-order valence-electron chi connectivity index (χ1n) is 6.34. The maximum absolute atomic E-state index is 13.8. The number of carbonyl (C=O) groups excluding carboxylic acids is 1. The molecule has 0 aliphatic heterocycles. The van der Waals surface area contributed by atoms with Crippen LogP contribution in [-0.4, -0.2) is 22.8 Å². The highest BCUT2D eigenvalue weighted by molar-refractivity contribution is 6.05. The van der Waals surface area contributed by atoms with Crippen molar-refractivity contribution in [3.8, 4) is 5.75 Å². The molecule has 0 saturated heterocycles. The highest BCUT2D eigenvalue weighted by atomic mass is 19.1. The highest BCUT2D eigenvalue weighted by Crippen LogP contribution is 2.22. The molecule has 112 valence electrons. The van der Waals surface area contributed by atoms with Gasteiger partial charge in [-0.05, 0) is 13.8 Å². The molecule has 0 fully saturated rings. The molecule has 0 saturated carbocycles. The number of benzene rings is 1. The fourth-order valence-corrected chi connectivity index (χ4v) is 1.96. The molecule has 1 aromatic heterocycles. The summed E-state index contributed by atoms with van der Waals surface area (Å²) in [5, 5.41) is 6.50. The number of nitrogens with zero attached hydrogens (tertiary/aromatic N) is 2. The molecule has 1 N–H and O–H groups in total. The van der Waals surface area contributed by atoms with Crippen LogP contribution in [0, 0.1) is 18.6 Å². The standard InChI is InChI=1S/C14H15F2N3O2/c1-4-19-8(2)12(7-17-19)18-14(20)13-10(15)5-9(21-3)6-11(13)16/h5-7H,4H2,1-3H3,(H,18,20). The van der Waals surface area contributed by atoms with Crippen LogP contribution in [0.25, 0.3) is 0 Å². The number of aryl methyl sites for hydroxylation is 1. The number of aromatic nitrogens is 2. The number of anilines is 1. The third kappa shape index (κ3) is 2.86. The van der Waals surface area contributed by atoms with E-state index in [-0.39, 0.29) is 5.75 Å². The molecule has 0 spiro atoms. The molecule has 2 aromatic rings. The third-order valence-corrected chi connectivity index (χ3v) is 3.13. The number of carbonyl (C=O) groups is 1. The van der Waals surface area contributed by atoms with Crippen molar-refractivity contribution in [1.82, 2.24) is 9.78 Å². The number of nitrogens with one attached hydrogen (secondary N) is 1. The zero-order chi connectivity index (χ0) is 15.6. The SMILES string of the molecule is CCn1ncc(NC(=O)c2c(F)cc(OC)cc2F)c1C. The van der Waals surface area contributed by atoms with Gasteiger partial charge in [0.2, 0.25) is 0 Å². The van der Waals surface area contributed by atoms with E-state index >= 15 is 0 Å². The van der Waals surface area contributed by atoms with E-state index in [1.807, 2.05) is 6.92 Å². The van der Waals surface area contributed by atoms with Gasteiger partial charge < -0.3 is 10.1 Å². The second-order valence-corrected chi connectivity index (χ2v) is 4.38. The molecule has 0 unspecified atom stereocenters. The van der Waals surface area contributed by atoms with Crippen LogP contribution in [0.5, 0.6) is 5.75 Å². The van der Waals surface area contributed by atoms with E-state index in [2.05, 4.69) is 10.4 Å². The van der Waals surface area contributed by atoms with E-state index in [0.717, 1.165) is 12.1 Å². The lowest BCUT2D eigenvalue weighted by molar-refractivity contribution is 0.101. The Balaban J connectivity index is 2.30. The second kappa shape index (κ2) is 5.90. The van der Waals surface area contributed by atoms with Crippen LogP contribution in [0.4, 0.5) is 14.5 Å². The topological polar surface area (TPSA) is 56.2 Å². The van der Waals surface area contributed by atoms with E-state index in [1.54, 1.807) is 11.6 Å². The Bertz CT molecular complexity index is 660. The first-order chi connectivity index (χ1) is 9.97. The van der Waals surface area contributed by atoms with E-state index in [1.165, 1.54) is 13.3 Å². The zero-order valence-corrected chi connectivity index (χ0v) is 11.9. The molecular formula is C14H15F2N3O2. The minimum atomic E-state index is -0.982. The number of amides is 1. The van der Waals surface area contributed by atoms with Gasteiger partial charge >= 0.3 is 0 Å². The summed E-state index contributed by atoms with van der Waals surface area (Å²) in [4.78, 5) is 12.0. The van der Waals surface area contributed by atoms with Gasteiger partial charge in [-0.25, -0.2) is 8.78 Å². The average Bonchev–Trinajstić information content (AvgIpc) is 2.78. The normalized spacial score (nSPS) is 10.5. The summed E-state index contributed by atoms with van der Waals surface area (Å²) in [6.07, 6.45) is 1.44. The van der Waals surface area contributed by atoms with Gasteiger partial charge in [0.1, 0.15) is 22.9 Å². The minimum absolute atomic E-state index is 0.0107. The van der Waals surface area contributed by atoms with E-state index < -0.39 is 23.1 Å². The Morgan fingerprint density at radius 2 is 2.00 bits per heavy atom. The highest BCUT2D eigenvalue weighted by Gasteiger charge is 2.20. The lowest BCUT2D eigenvalue weighted by atomic mass is 10.1. The van der Waals surface area contributed by atoms with Gasteiger partial charge in [-0.2, -0.15) is 5.10 Å². The number of methoxy groups -OCH3 is 1. The van der Waals surface area contributed by atoms with Crippen LogP contribution in [0.3, 0.4) is 0 Å². The molecule has 0 aliphatic carbocycles. The van der Waals surface area contributed by atoms with Gasteiger partial charge in [-0.15, -0.1) is 0 Å². The minimum Gasteiger partial charge on any atom is -0.497 e. The van der Waals surface area contributed by atoms with Crippen LogP contribution in [0.2, 0.25) is 0 Å². The molecule has 0 radical (unpaired) electrons. The molecule has 1 amide bonds. The fraction of sp³-hybridized carbons (Fsp3) is 0.286. The number of halogens is 2. The van der Waals surface area contributed by atoms with Gasteiger partial charge in [0, 0.05) is 18.7 Å². The van der Waals surface area contributed by atoms with Crippen molar-refractivity contribution in [1.29, 1.82) is 0 Å². The van der Waals surface area contributed by atoms with Gasteiger partial charge in [0.15, 0.2) is 0 Å². The van der Waals surface area contributed by atoms with E-state index in [9.17, 15) is 13.6 Å². The number of rotatable bonds is 4. The Hall–Kier alpha value is -2.44. The summed E-state index contributed by atoms with van der Waals surface area (Å²) in [5.41, 5.74) is 0.469. The summed E-state index contributed by atoms with van der Waals surface area (Å²) in [7, 11) is 1.29. The van der Waals surface area contributed by atoms with Crippen molar-refractivity contribution < 1.29 is 18.3 Å². The van der Waals surface area contributed by atoms with Gasteiger partial charge in [0.05, 0.1) is 24.7 Å². The Labute approximate surface area is 120 Å². The van der Waals surface area contributed by atoms with Crippen LogP contribution in [0.1, 0.15) is 23.0 Å². The monoisotopic (exact) mass is 295 g/mol. The molecule has 0 bridgehead atoms. The molecule has 5 nitrogen and oxygen atoms in total. The molecule has 21 heavy (non-hydrogen) atoms. The molecule has 1 aromatic carbocycles. The number of hydrogen-bond acceptors (Lipinski definition) is 3. The molecular weight excluding hydrogens is 280 g/mol. The van der Waals surface area contributed by atoms with Crippen molar-refractivity contribution in [3.63, 3.8) is 0 Å². The van der Waals surface area contributed by atoms with Crippen molar-refractivity contribution >= 4 is 11.6 Å². The van der Waals surface area contributed by atoms with Crippen molar-refractivity contribution in [2.75, 3.05) is 12.4 Å². The summed E-state index contributed by atoms with van der Waals surface area (Å²) < 4.78 is 34.0. The smallest absolute Gasteiger partial charge is 0.261 e. The lowest BCUT2D eigenvalue weighted by Gasteiger charge is -2.08. The first kappa shape index (κ1) is 15.0. The molecule has 0 aliphatic rings. The molecule has 1 heterocycles. The quantitative estimate of drug-likeness (QED) is 0.943. The predicted molar refractivity (Wildman–Crippen MR) is 73.5 cm³/mol. The molecule has 7 heteroatoms.